The minimum Gasteiger partial charge on any atom is -0.321 e. The molecule has 2 aromatic rings. The second-order valence-corrected chi connectivity index (χ2v) is 4.47. The Morgan fingerprint density at radius 2 is 2.19 bits per heavy atom. The van der Waals surface area contributed by atoms with Crippen molar-refractivity contribution in [1.29, 1.82) is 0 Å². The Labute approximate surface area is 94.1 Å². The molecule has 1 aliphatic carbocycles. The summed E-state index contributed by atoms with van der Waals surface area (Å²) in [6.07, 6.45) is 2.15. The summed E-state index contributed by atoms with van der Waals surface area (Å²) >= 11 is 0. The minimum atomic E-state index is 0.320. The van der Waals surface area contributed by atoms with Crippen LogP contribution in [-0.2, 0) is 11.3 Å². The minimum absolute atomic E-state index is 0.320. The maximum absolute atomic E-state index is 11.8. The highest BCUT2D eigenvalue weighted by Crippen LogP contribution is 2.30. The third kappa shape index (κ3) is 1.52. The SMILES string of the molecule is Cc1nc2ccccc2n1CC(=O)C1CC1. The van der Waals surface area contributed by atoms with E-state index in [4.69, 9.17) is 0 Å². The number of Topliss-reactive ketones (excluding diaryl/α,β-unsaturated/α-hetero) is 1. The molecule has 16 heavy (non-hydrogen) atoms. The van der Waals surface area contributed by atoms with Gasteiger partial charge in [-0.25, -0.2) is 4.98 Å². The molecule has 0 N–H and O–H groups in total. The lowest BCUT2D eigenvalue weighted by Crippen LogP contribution is -2.12. The van der Waals surface area contributed by atoms with Crippen molar-refractivity contribution in [2.24, 2.45) is 5.92 Å². The molecular weight excluding hydrogens is 200 g/mol. The number of para-hydroxylation sites is 2. The standard InChI is InChI=1S/C13H14N2O/c1-9-14-11-4-2-3-5-12(11)15(9)8-13(16)10-6-7-10/h2-5,10H,6-8H2,1H3. The van der Waals surface area contributed by atoms with Crippen molar-refractivity contribution in [3.05, 3.63) is 30.1 Å². The molecule has 0 spiro atoms. The van der Waals surface area contributed by atoms with E-state index >= 15 is 0 Å². The van der Waals surface area contributed by atoms with E-state index in [0.29, 0.717) is 18.2 Å². The average molecular weight is 214 g/mol. The van der Waals surface area contributed by atoms with Crippen molar-refractivity contribution in [2.45, 2.75) is 26.3 Å². The summed E-state index contributed by atoms with van der Waals surface area (Å²) in [5.41, 5.74) is 2.04. The first kappa shape index (κ1) is 9.58. The lowest BCUT2D eigenvalue weighted by Gasteiger charge is -2.04. The topological polar surface area (TPSA) is 34.9 Å². The van der Waals surface area contributed by atoms with Crippen molar-refractivity contribution in [1.82, 2.24) is 9.55 Å². The van der Waals surface area contributed by atoms with Gasteiger partial charge >= 0.3 is 0 Å². The molecule has 3 nitrogen and oxygen atoms in total. The maximum Gasteiger partial charge on any atom is 0.155 e. The van der Waals surface area contributed by atoms with E-state index in [2.05, 4.69) is 4.98 Å². The van der Waals surface area contributed by atoms with Crippen LogP contribution in [0.25, 0.3) is 11.0 Å². The molecule has 0 radical (unpaired) electrons. The van der Waals surface area contributed by atoms with Crippen molar-refractivity contribution in [3.8, 4) is 0 Å². The number of nitrogens with zero attached hydrogens (tertiary/aromatic N) is 2. The Bertz CT molecular complexity index is 552. The Morgan fingerprint density at radius 3 is 2.94 bits per heavy atom. The molecule has 1 aliphatic rings. The second kappa shape index (κ2) is 3.44. The molecular formula is C13H14N2O. The van der Waals surface area contributed by atoms with Gasteiger partial charge in [-0.05, 0) is 31.9 Å². The molecule has 1 fully saturated rings. The zero-order chi connectivity index (χ0) is 11.1. The van der Waals surface area contributed by atoms with Crippen molar-refractivity contribution in [2.75, 3.05) is 0 Å². The van der Waals surface area contributed by atoms with Gasteiger partial charge in [0.05, 0.1) is 17.6 Å². The summed E-state index contributed by atoms with van der Waals surface area (Å²) in [5.74, 6) is 1.60. The van der Waals surface area contributed by atoms with Crippen LogP contribution >= 0.6 is 0 Å². The summed E-state index contributed by atoms with van der Waals surface area (Å²) in [4.78, 5) is 16.3. The van der Waals surface area contributed by atoms with Gasteiger partial charge in [-0.1, -0.05) is 12.1 Å². The summed E-state index contributed by atoms with van der Waals surface area (Å²) < 4.78 is 2.02. The highest BCUT2D eigenvalue weighted by molar-refractivity contribution is 5.85. The first-order chi connectivity index (χ1) is 7.75. The predicted molar refractivity (Wildman–Crippen MR) is 62.2 cm³/mol. The average Bonchev–Trinajstić information content (AvgIpc) is 3.06. The lowest BCUT2D eigenvalue weighted by molar-refractivity contribution is -0.120. The van der Waals surface area contributed by atoms with Crippen LogP contribution in [0.1, 0.15) is 18.7 Å². The Morgan fingerprint density at radius 1 is 1.44 bits per heavy atom. The van der Waals surface area contributed by atoms with Gasteiger partial charge in [-0.2, -0.15) is 0 Å². The van der Waals surface area contributed by atoms with Crippen molar-refractivity contribution >= 4 is 16.8 Å². The zero-order valence-corrected chi connectivity index (χ0v) is 9.31. The molecule has 0 atom stereocenters. The van der Waals surface area contributed by atoms with E-state index in [-0.39, 0.29) is 0 Å². The molecule has 0 aliphatic heterocycles. The van der Waals surface area contributed by atoms with E-state index in [9.17, 15) is 4.79 Å². The smallest absolute Gasteiger partial charge is 0.155 e. The molecule has 1 saturated carbocycles. The highest BCUT2D eigenvalue weighted by atomic mass is 16.1. The number of fused-ring (bicyclic) bond motifs is 1. The highest BCUT2D eigenvalue weighted by Gasteiger charge is 2.29. The Kier molecular flexibility index (Phi) is 2.06. The van der Waals surface area contributed by atoms with E-state index in [1.807, 2.05) is 35.8 Å². The number of carbonyl (C=O) groups is 1. The second-order valence-electron chi connectivity index (χ2n) is 4.47. The summed E-state index contributed by atoms with van der Waals surface area (Å²) in [6.45, 7) is 2.44. The number of aromatic nitrogens is 2. The Hall–Kier alpha value is -1.64. The predicted octanol–water partition coefficient (Wildman–Crippen LogP) is 2.32. The van der Waals surface area contributed by atoms with Crippen LogP contribution in [0.2, 0.25) is 0 Å². The lowest BCUT2D eigenvalue weighted by atomic mass is 10.2. The normalized spacial score (nSPS) is 15.6. The van der Waals surface area contributed by atoms with Gasteiger partial charge in [-0.3, -0.25) is 4.79 Å². The number of aryl methyl sites for hydroxylation is 1. The quantitative estimate of drug-likeness (QED) is 0.786. The number of benzene rings is 1. The van der Waals surface area contributed by atoms with Gasteiger partial charge in [0.1, 0.15) is 5.82 Å². The largest absolute Gasteiger partial charge is 0.321 e. The van der Waals surface area contributed by atoms with E-state index in [0.717, 1.165) is 29.7 Å². The van der Waals surface area contributed by atoms with Gasteiger partial charge in [0.2, 0.25) is 0 Å². The summed E-state index contributed by atoms with van der Waals surface area (Å²) in [6, 6.07) is 7.97. The zero-order valence-electron chi connectivity index (χ0n) is 9.31. The van der Waals surface area contributed by atoms with Gasteiger partial charge in [0.25, 0.3) is 0 Å². The molecule has 1 aromatic heterocycles. The first-order valence-corrected chi connectivity index (χ1v) is 5.70. The van der Waals surface area contributed by atoms with Crippen LogP contribution in [0.4, 0.5) is 0 Å². The number of rotatable bonds is 3. The number of hydrogen-bond acceptors (Lipinski definition) is 2. The van der Waals surface area contributed by atoms with Gasteiger partial charge < -0.3 is 4.57 Å². The summed E-state index contributed by atoms with van der Waals surface area (Å²) in [7, 11) is 0. The number of hydrogen-bond donors (Lipinski definition) is 0. The third-order valence-corrected chi connectivity index (χ3v) is 3.19. The van der Waals surface area contributed by atoms with Crippen molar-refractivity contribution < 1.29 is 4.79 Å². The van der Waals surface area contributed by atoms with Crippen LogP contribution in [0.3, 0.4) is 0 Å². The van der Waals surface area contributed by atoms with Gasteiger partial charge in [0.15, 0.2) is 5.78 Å². The molecule has 0 saturated heterocycles. The molecule has 0 amide bonds. The maximum atomic E-state index is 11.8. The molecule has 82 valence electrons. The molecule has 0 bridgehead atoms. The fourth-order valence-corrected chi connectivity index (χ4v) is 2.09. The van der Waals surface area contributed by atoms with Crippen LogP contribution in [-0.4, -0.2) is 15.3 Å². The van der Waals surface area contributed by atoms with Crippen LogP contribution in [0.5, 0.6) is 0 Å². The fourth-order valence-electron chi connectivity index (χ4n) is 2.09. The molecule has 0 unspecified atom stereocenters. The number of carbonyl (C=O) groups excluding carboxylic acids is 1. The molecule has 3 heteroatoms. The Balaban J connectivity index is 2.01. The van der Waals surface area contributed by atoms with E-state index in [1.165, 1.54) is 0 Å². The van der Waals surface area contributed by atoms with Crippen LogP contribution < -0.4 is 0 Å². The van der Waals surface area contributed by atoms with Crippen molar-refractivity contribution in [3.63, 3.8) is 0 Å². The van der Waals surface area contributed by atoms with E-state index in [1.54, 1.807) is 0 Å². The first-order valence-electron chi connectivity index (χ1n) is 5.70. The number of imidazole rings is 1. The van der Waals surface area contributed by atoms with Gasteiger partial charge in [-0.15, -0.1) is 0 Å². The summed E-state index contributed by atoms with van der Waals surface area (Å²) in [5, 5.41) is 0. The van der Waals surface area contributed by atoms with E-state index < -0.39 is 0 Å². The number of ketones is 1. The fraction of sp³-hybridized carbons (Fsp3) is 0.385. The molecule has 3 rings (SSSR count). The van der Waals surface area contributed by atoms with Crippen LogP contribution in [0, 0.1) is 12.8 Å². The monoisotopic (exact) mass is 214 g/mol. The van der Waals surface area contributed by atoms with Crippen LogP contribution in [0.15, 0.2) is 24.3 Å². The third-order valence-electron chi connectivity index (χ3n) is 3.19. The molecule has 1 aromatic carbocycles. The molecule has 1 heterocycles. The van der Waals surface area contributed by atoms with Gasteiger partial charge in [0, 0.05) is 5.92 Å².